The van der Waals surface area contributed by atoms with Crippen molar-refractivity contribution in [3.8, 4) is 0 Å². The third-order valence-electron chi connectivity index (χ3n) is 2.61. The molecule has 0 bridgehead atoms. The Kier molecular flexibility index (Phi) is 2.61. The van der Waals surface area contributed by atoms with Gasteiger partial charge in [-0.3, -0.25) is 10.1 Å². The standard InChI is InChI=1S/C11H13N3O4/c1-11(2)5-18-10(15)7-3-6(14(16)17)4-8(12)9(7)13-11/h3-4,13H,5,12H2,1-2H3. The number of nitro benzene ring substituents is 1. The average Bonchev–Trinajstić information content (AvgIpc) is 2.38. The van der Waals surface area contributed by atoms with Gasteiger partial charge in [0.25, 0.3) is 5.69 Å². The van der Waals surface area contributed by atoms with Gasteiger partial charge in [0.2, 0.25) is 0 Å². The largest absolute Gasteiger partial charge is 0.460 e. The first kappa shape index (κ1) is 12.2. The number of nitrogens with one attached hydrogen (secondary N) is 1. The maximum absolute atomic E-state index is 11.8. The Morgan fingerprint density at radius 1 is 1.50 bits per heavy atom. The van der Waals surface area contributed by atoms with Gasteiger partial charge in [0, 0.05) is 12.1 Å². The van der Waals surface area contributed by atoms with Crippen LogP contribution in [0.15, 0.2) is 12.1 Å². The van der Waals surface area contributed by atoms with E-state index in [-0.39, 0.29) is 23.5 Å². The molecule has 2 rings (SSSR count). The molecule has 0 amide bonds. The summed E-state index contributed by atoms with van der Waals surface area (Å²) >= 11 is 0. The highest BCUT2D eigenvalue weighted by Crippen LogP contribution is 2.34. The highest BCUT2D eigenvalue weighted by atomic mass is 16.6. The first-order valence-corrected chi connectivity index (χ1v) is 5.33. The molecule has 1 aliphatic rings. The van der Waals surface area contributed by atoms with Crippen molar-refractivity contribution in [2.75, 3.05) is 17.7 Å². The molecule has 1 aliphatic heterocycles. The molecule has 0 aromatic heterocycles. The van der Waals surface area contributed by atoms with E-state index in [1.54, 1.807) is 0 Å². The van der Waals surface area contributed by atoms with Crippen molar-refractivity contribution in [2.45, 2.75) is 19.4 Å². The lowest BCUT2D eigenvalue weighted by molar-refractivity contribution is -0.384. The number of nitrogens with two attached hydrogens (primary N) is 1. The number of nitrogens with zero attached hydrogens (tertiary/aromatic N) is 1. The molecule has 0 atom stereocenters. The summed E-state index contributed by atoms with van der Waals surface area (Å²) in [5.74, 6) is -0.613. The zero-order chi connectivity index (χ0) is 13.5. The Labute approximate surface area is 103 Å². The second kappa shape index (κ2) is 3.86. The van der Waals surface area contributed by atoms with Crippen LogP contribution in [0.3, 0.4) is 0 Å². The molecule has 1 aromatic rings. The third kappa shape index (κ3) is 2.06. The molecule has 7 heteroatoms. The highest BCUT2D eigenvalue weighted by Gasteiger charge is 2.30. The maximum atomic E-state index is 11.8. The number of ether oxygens (including phenoxy) is 1. The van der Waals surface area contributed by atoms with E-state index in [9.17, 15) is 14.9 Å². The average molecular weight is 251 g/mol. The number of anilines is 2. The van der Waals surface area contributed by atoms with Gasteiger partial charge in [-0.1, -0.05) is 0 Å². The number of non-ortho nitro benzene ring substituents is 1. The molecule has 0 radical (unpaired) electrons. The van der Waals surface area contributed by atoms with Crippen LogP contribution < -0.4 is 11.1 Å². The van der Waals surface area contributed by atoms with Crippen molar-refractivity contribution in [1.29, 1.82) is 0 Å². The quantitative estimate of drug-likeness (QED) is 0.339. The van der Waals surface area contributed by atoms with Crippen LogP contribution >= 0.6 is 0 Å². The second-order valence-electron chi connectivity index (χ2n) is 4.80. The van der Waals surface area contributed by atoms with Crippen LogP contribution in [0.4, 0.5) is 17.1 Å². The van der Waals surface area contributed by atoms with Crippen LogP contribution in [-0.2, 0) is 4.74 Å². The number of hydrogen-bond donors (Lipinski definition) is 2. The number of nitrogen functional groups attached to an aromatic ring is 1. The van der Waals surface area contributed by atoms with Gasteiger partial charge >= 0.3 is 5.97 Å². The predicted molar refractivity (Wildman–Crippen MR) is 65.5 cm³/mol. The number of carbonyl (C=O) groups is 1. The Morgan fingerprint density at radius 3 is 2.78 bits per heavy atom. The van der Waals surface area contributed by atoms with E-state index in [1.807, 2.05) is 13.8 Å². The van der Waals surface area contributed by atoms with Gasteiger partial charge in [-0.2, -0.15) is 0 Å². The Morgan fingerprint density at radius 2 is 2.17 bits per heavy atom. The normalized spacial score (nSPS) is 17.1. The maximum Gasteiger partial charge on any atom is 0.340 e. The summed E-state index contributed by atoms with van der Waals surface area (Å²) in [5, 5.41) is 13.8. The topological polar surface area (TPSA) is 107 Å². The summed E-state index contributed by atoms with van der Waals surface area (Å²) in [7, 11) is 0. The number of hydrogen-bond acceptors (Lipinski definition) is 6. The van der Waals surface area contributed by atoms with Crippen LogP contribution in [0.5, 0.6) is 0 Å². The molecule has 7 nitrogen and oxygen atoms in total. The lowest BCUT2D eigenvalue weighted by Crippen LogP contribution is -2.35. The number of esters is 1. The van der Waals surface area contributed by atoms with E-state index in [0.29, 0.717) is 5.69 Å². The Bertz CT molecular complexity index is 539. The third-order valence-corrected chi connectivity index (χ3v) is 2.61. The first-order valence-electron chi connectivity index (χ1n) is 5.33. The van der Waals surface area contributed by atoms with Crippen LogP contribution in [-0.4, -0.2) is 23.0 Å². The van der Waals surface area contributed by atoms with Gasteiger partial charge in [-0.25, -0.2) is 4.79 Å². The van der Waals surface area contributed by atoms with E-state index in [2.05, 4.69) is 5.32 Å². The minimum Gasteiger partial charge on any atom is -0.460 e. The lowest BCUT2D eigenvalue weighted by Gasteiger charge is -2.24. The minimum absolute atomic E-state index is 0.0901. The van der Waals surface area contributed by atoms with Gasteiger partial charge < -0.3 is 15.8 Å². The van der Waals surface area contributed by atoms with Crippen molar-refractivity contribution < 1.29 is 14.5 Å². The second-order valence-corrected chi connectivity index (χ2v) is 4.80. The van der Waals surface area contributed by atoms with E-state index >= 15 is 0 Å². The summed E-state index contributed by atoms with van der Waals surface area (Å²) in [6, 6.07) is 2.39. The number of rotatable bonds is 1. The zero-order valence-corrected chi connectivity index (χ0v) is 10.0. The highest BCUT2D eigenvalue weighted by molar-refractivity contribution is 6.00. The Hall–Kier alpha value is -2.31. The molecule has 0 saturated carbocycles. The molecular weight excluding hydrogens is 238 g/mol. The van der Waals surface area contributed by atoms with Crippen molar-refractivity contribution >= 4 is 23.0 Å². The summed E-state index contributed by atoms with van der Waals surface area (Å²) in [5.41, 5.74) is 5.68. The van der Waals surface area contributed by atoms with Crippen LogP contribution in [0.1, 0.15) is 24.2 Å². The number of carbonyl (C=O) groups excluding carboxylic acids is 1. The smallest absolute Gasteiger partial charge is 0.340 e. The fourth-order valence-electron chi connectivity index (χ4n) is 1.75. The van der Waals surface area contributed by atoms with Gasteiger partial charge in [0.15, 0.2) is 0 Å². The van der Waals surface area contributed by atoms with Crippen molar-refractivity contribution in [3.63, 3.8) is 0 Å². The van der Waals surface area contributed by atoms with Crippen molar-refractivity contribution in [3.05, 3.63) is 27.8 Å². The molecule has 18 heavy (non-hydrogen) atoms. The van der Waals surface area contributed by atoms with Crippen LogP contribution in [0.25, 0.3) is 0 Å². The van der Waals surface area contributed by atoms with Gasteiger partial charge in [0.1, 0.15) is 6.61 Å². The van der Waals surface area contributed by atoms with Crippen molar-refractivity contribution in [1.82, 2.24) is 0 Å². The van der Waals surface area contributed by atoms with Gasteiger partial charge in [-0.05, 0) is 13.8 Å². The fraction of sp³-hybridized carbons (Fsp3) is 0.364. The molecule has 0 saturated heterocycles. The Balaban J connectivity index is 2.61. The number of cyclic esters (lactones) is 1. The number of benzene rings is 1. The summed E-state index contributed by atoms with van der Waals surface area (Å²) in [6.07, 6.45) is 0. The molecule has 1 heterocycles. The first-order chi connectivity index (χ1) is 8.30. The molecule has 0 fully saturated rings. The van der Waals surface area contributed by atoms with Crippen LogP contribution in [0, 0.1) is 10.1 Å². The van der Waals surface area contributed by atoms with E-state index in [4.69, 9.17) is 10.5 Å². The minimum atomic E-state index is -0.613. The summed E-state index contributed by atoms with van der Waals surface area (Å²) in [6.45, 7) is 3.85. The zero-order valence-electron chi connectivity index (χ0n) is 10.0. The molecule has 3 N–H and O–H groups in total. The predicted octanol–water partition coefficient (Wildman–Crippen LogP) is 1.54. The van der Waals surface area contributed by atoms with Gasteiger partial charge in [-0.15, -0.1) is 0 Å². The fourth-order valence-corrected chi connectivity index (χ4v) is 1.75. The SMILES string of the molecule is CC1(C)COC(=O)c2cc([N+](=O)[O-])cc(N)c2N1. The van der Waals surface area contributed by atoms with E-state index in [0.717, 1.165) is 0 Å². The van der Waals surface area contributed by atoms with E-state index < -0.39 is 16.4 Å². The summed E-state index contributed by atoms with van der Waals surface area (Å²) < 4.78 is 5.05. The number of nitro groups is 1. The molecule has 0 spiro atoms. The number of fused-ring (bicyclic) bond motifs is 1. The van der Waals surface area contributed by atoms with Gasteiger partial charge in [0.05, 0.1) is 27.4 Å². The summed E-state index contributed by atoms with van der Waals surface area (Å²) in [4.78, 5) is 21.9. The molecule has 1 aromatic carbocycles. The molecular formula is C11H13N3O4. The lowest BCUT2D eigenvalue weighted by atomic mass is 10.0. The van der Waals surface area contributed by atoms with E-state index in [1.165, 1.54) is 12.1 Å². The van der Waals surface area contributed by atoms with Crippen molar-refractivity contribution in [2.24, 2.45) is 0 Å². The van der Waals surface area contributed by atoms with Crippen LogP contribution in [0.2, 0.25) is 0 Å². The molecule has 96 valence electrons. The monoisotopic (exact) mass is 251 g/mol. The molecule has 0 aliphatic carbocycles. The molecule has 0 unspecified atom stereocenters.